The molecule has 0 amide bonds. The fraction of sp³-hybridized carbons (Fsp3) is 0.125. The van der Waals surface area contributed by atoms with E-state index in [4.69, 9.17) is 0 Å². The Morgan fingerprint density at radius 2 is 2.42 bits per heavy atom. The Bertz CT molecular complexity index is 378. The molecule has 2 nitrogen and oxygen atoms in total. The molecule has 0 atom stereocenters. The highest BCUT2D eigenvalue weighted by atomic mass is 79.9. The molecule has 0 fully saturated rings. The van der Waals surface area contributed by atoms with Crippen LogP contribution in [0.1, 0.15) is 4.88 Å². The number of aromatic amines is 1. The quantitative estimate of drug-likeness (QED) is 0.818. The number of nitrogens with one attached hydrogen (secondary N) is 1. The second kappa shape index (κ2) is 3.03. The molecule has 0 radical (unpaired) electrons. The van der Waals surface area contributed by atoms with E-state index in [0.717, 1.165) is 10.0 Å². The Hall–Kier alpha value is -0.610. The number of hydrogen-bond donors (Lipinski definition) is 1. The van der Waals surface area contributed by atoms with Crippen LogP contribution >= 0.6 is 27.3 Å². The molecule has 1 N–H and O–H groups in total. The van der Waals surface area contributed by atoms with E-state index in [1.165, 1.54) is 9.75 Å². The van der Waals surface area contributed by atoms with Crippen LogP contribution in [0.2, 0.25) is 0 Å². The van der Waals surface area contributed by atoms with Crippen molar-refractivity contribution < 1.29 is 0 Å². The summed E-state index contributed by atoms with van der Waals surface area (Å²) in [5.74, 6) is 0. The third kappa shape index (κ3) is 1.32. The number of halogens is 1. The van der Waals surface area contributed by atoms with Crippen LogP contribution < -0.4 is 0 Å². The first-order chi connectivity index (χ1) is 5.77. The van der Waals surface area contributed by atoms with Crippen LogP contribution in [0.15, 0.2) is 22.9 Å². The van der Waals surface area contributed by atoms with E-state index < -0.39 is 0 Å². The van der Waals surface area contributed by atoms with E-state index in [9.17, 15) is 0 Å². The summed E-state index contributed by atoms with van der Waals surface area (Å²) in [6, 6.07) is 2.12. The monoisotopic (exact) mass is 242 g/mol. The van der Waals surface area contributed by atoms with Gasteiger partial charge in [0.1, 0.15) is 0 Å². The fourth-order valence-electron chi connectivity index (χ4n) is 1.06. The van der Waals surface area contributed by atoms with Crippen LogP contribution in [0.4, 0.5) is 0 Å². The van der Waals surface area contributed by atoms with E-state index in [1.807, 2.05) is 12.4 Å². The maximum Gasteiger partial charge on any atom is 0.0574 e. The van der Waals surface area contributed by atoms with Crippen molar-refractivity contribution in [3.05, 3.63) is 27.8 Å². The molecule has 0 saturated heterocycles. The van der Waals surface area contributed by atoms with Gasteiger partial charge in [-0.2, -0.15) is 5.10 Å². The highest BCUT2D eigenvalue weighted by Crippen LogP contribution is 2.35. The molecular formula is C8H7BrN2S. The van der Waals surface area contributed by atoms with Crippen molar-refractivity contribution >= 4 is 27.3 Å². The SMILES string of the molecule is Cc1cc(Br)c(-c2cn[nH]c2)s1. The summed E-state index contributed by atoms with van der Waals surface area (Å²) in [5.41, 5.74) is 1.14. The molecule has 0 saturated carbocycles. The minimum Gasteiger partial charge on any atom is -0.285 e. The second-order valence-electron chi connectivity index (χ2n) is 2.52. The summed E-state index contributed by atoms with van der Waals surface area (Å²) >= 11 is 5.27. The van der Waals surface area contributed by atoms with Crippen molar-refractivity contribution in [1.82, 2.24) is 10.2 Å². The zero-order valence-corrected chi connectivity index (χ0v) is 8.87. The standard InChI is InChI=1S/C8H7BrN2S/c1-5-2-7(9)8(12-5)6-3-10-11-4-6/h2-4H,1H3,(H,10,11). The van der Waals surface area contributed by atoms with Gasteiger partial charge >= 0.3 is 0 Å². The summed E-state index contributed by atoms with van der Waals surface area (Å²) in [4.78, 5) is 2.54. The smallest absolute Gasteiger partial charge is 0.0574 e. The van der Waals surface area contributed by atoms with Gasteiger partial charge < -0.3 is 0 Å². The summed E-state index contributed by atoms with van der Waals surface area (Å²) in [5, 5.41) is 6.71. The lowest BCUT2D eigenvalue weighted by Crippen LogP contribution is -1.64. The Kier molecular flexibility index (Phi) is 2.02. The zero-order chi connectivity index (χ0) is 8.55. The minimum absolute atomic E-state index is 1.14. The first-order valence-corrected chi connectivity index (χ1v) is 5.13. The van der Waals surface area contributed by atoms with Crippen LogP contribution in [-0.4, -0.2) is 10.2 Å². The molecule has 0 aromatic carbocycles. The number of hydrogen-bond acceptors (Lipinski definition) is 2. The lowest BCUT2D eigenvalue weighted by Gasteiger charge is -1.89. The van der Waals surface area contributed by atoms with Gasteiger partial charge in [-0.25, -0.2) is 0 Å². The molecule has 12 heavy (non-hydrogen) atoms. The molecule has 0 unspecified atom stereocenters. The van der Waals surface area contributed by atoms with Crippen LogP contribution in [0.25, 0.3) is 10.4 Å². The topological polar surface area (TPSA) is 28.7 Å². The first kappa shape index (κ1) is 8.01. The molecule has 0 spiro atoms. The van der Waals surface area contributed by atoms with E-state index in [0.29, 0.717) is 0 Å². The van der Waals surface area contributed by atoms with Crippen LogP contribution in [0.5, 0.6) is 0 Å². The van der Waals surface area contributed by atoms with E-state index >= 15 is 0 Å². The van der Waals surface area contributed by atoms with Crippen molar-refractivity contribution in [2.24, 2.45) is 0 Å². The van der Waals surface area contributed by atoms with Crippen molar-refractivity contribution in [3.8, 4) is 10.4 Å². The third-order valence-corrected chi connectivity index (χ3v) is 3.56. The number of H-pyrrole nitrogens is 1. The van der Waals surface area contributed by atoms with Crippen LogP contribution in [-0.2, 0) is 0 Å². The molecular weight excluding hydrogens is 236 g/mol. The van der Waals surface area contributed by atoms with Gasteiger partial charge in [-0.15, -0.1) is 11.3 Å². The van der Waals surface area contributed by atoms with Gasteiger partial charge in [0.05, 0.1) is 11.1 Å². The number of rotatable bonds is 1. The maximum atomic E-state index is 3.91. The van der Waals surface area contributed by atoms with Crippen molar-refractivity contribution in [2.75, 3.05) is 0 Å². The lowest BCUT2D eigenvalue weighted by molar-refractivity contribution is 1.09. The molecule has 2 aromatic heterocycles. The van der Waals surface area contributed by atoms with Gasteiger partial charge in [-0.3, -0.25) is 5.10 Å². The largest absolute Gasteiger partial charge is 0.285 e. The zero-order valence-electron chi connectivity index (χ0n) is 6.47. The summed E-state index contributed by atoms with van der Waals surface area (Å²) in [6.45, 7) is 2.10. The first-order valence-electron chi connectivity index (χ1n) is 3.52. The normalized spacial score (nSPS) is 10.5. The molecule has 62 valence electrons. The molecule has 2 aromatic rings. The number of nitrogens with zero attached hydrogens (tertiary/aromatic N) is 1. The van der Waals surface area contributed by atoms with E-state index in [2.05, 4.69) is 39.1 Å². The second-order valence-corrected chi connectivity index (χ2v) is 4.63. The molecule has 0 aliphatic heterocycles. The maximum absolute atomic E-state index is 3.91. The third-order valence-electron chi connectivity index (χ3n) is 1.57. The van der Waals surface area contributed by atoms with Gasteiger partial charge in [-0.05, 0) is 28.9 Å². The van der Waals surface area contributed by atoms with E-state index in [-0.39, 0.29) is 0 Å². The molecule has 2 heterocycles. The Labute approximate surface area is 82.8 Å². The number of aromatic nitrogens is 2. The van der Waals surface area contributed by atoms with Gasteiger partial charge in [0.15, 0.2) is 0 Å². The molecule has 0 bridgehead atoms. The Balaban J connectivity index is 2.54. The van der Waals surface area contributed by atoms with Gasteiger partial charge in [0.25, 0.3) is 0 Å². The van der Waals surface area contributed by atoms with Crippen molar-refractivity contribution in [1.29, 1.82) is 0 Å². The minimum atomic E-state index is 1.14. The van der Waals surface area contributed by atoms with Crippen molar-refractivity contribution in [2.45, 2.75) is 6.92 Å². The molecule has 0 aliphatic carbocycles. The predicted octanol–water partition coefficient (Wildman–Crippen LogP) is 3.21. The lowest BCUT2D eigenvalue weighted by atomic mass is 10.3. The van der Waals surface area contributed by atoms with Crippen LogP contribution in [0, 0.1) is 6.92 Å². The molecule has 0 aliphatic rings. The van der Waals surface area contributed by atoms with Gasteiger partial charge in [-0.1, -0.05) is 0 Å². The van der Waals surface area contributed by atoms with E-state index in [1.54, 1.807) is 11.3 Å². The van der Waals surface area contributed by atoms with Crippen LogP contribution in [0.3, 0.4) is 0 Å². The summed E-state index contributed by atoms with van der Waals surface area (Å²) in [6.07, 6.45) is 3.73. The fourth-order valence-corrected chi connectivity index (χ4v) is 2.91. The Morgan fingerprint density at radius 1 is 1.58 bits per heavy atom. The number of aryl methyl sites for hydroxylation is 1. The molecule has 2 rings (SSSR count). The molecule has 4 heteroatoms. The number of thiophene rings is 1. The highest BCUT2D eigenvalue weighted by molar-refractivity contribution is 9.10. The average Bonchev–Trinajstić information content (AvgIpc) is 2.58. The predicted molar refractivity (Wildman–Crippen MR) is 54.3 cm³/mol. The van der Waals surface area contributed by atoms with Crippen molar-refractivity contribution in [3.63, 3.8) is 0 Å². The Morgan fingerprint density at radius 3 is 2.92 bits per heavy atom. The van der Waals surface area contributed by atoms with Gasteiger partial charge in [0.2, 0.25) is 0 Å². The summed E-state index contributed by atoms with van der Waals surface area (Å²) < 4.78 is 1.14. The average molecular weight is 243 g/mol. The highest BCUT2D eigenvalue weighted by Gasteiger charge is 2.06. The summed E-state index contributed by atoms with van der Waals surface area (Å²) in [7, 11) is 0. The van der Waals surface area contributed by atoms with Gasteiger partial charge in [0, 0.05) is 21.1 Å².